The highest BCUT2D eigenvalue weighted by Crippen LogP contribution is 2.52. The second-order valence-corrected chi connectivity index (χ2v) is 16.6. The number of hydrogen-bond donors (Lipinski definition) is 5. The number of nitrogens with one attached hydrogen (secondary N) is 1. The lowest BCUT2D eigenvalue weighted by Crippen LogP contribution is -2.47. The molecule has 8 rings (SSSR count). The van der Waals surface area contributed by atoms with Crippen LogP contribution in [0.1, 0.15) is 92.5 Å². The number of ether oxygens (including phenoxy) is 3. The zero-order valence-corrected chi connectivity index (χ0v) is 32.8. The number of dihydropyridines is 1. The van der Waals surface area contributed by atoms with Crippen LogP contribution < -0.4 is 15.8 Å². The van der Waals surface area contributed by atoms with Gasteiger partial charge in [-0.25, -0.2) is 0 Å². The Morgan fingerprint density at radius 1 is 1.02 bits per heavy atom. The lowest BCUT2D eigenvalue weighted by Gasteiger charge is -2.49. The van der Waals surface area contributed by atoms with E-state index in [1.165, 1.54) is 16.7 Å². The number of aliphatic hydroxyl groups is 2. The molecule has 1 aromatic heterocycles. The average Bonchev–Trinajstić information content (AvgIpc) is 3.66. The topological polar surface area (TPSA) is 131 Å². The van der Waals surface area contributed by atoms with E-state index >= 15 is 0 Å². The number of aromatic hydroxyl groups is 1. The Balaban J connectivity index is 1.23. The molecular formula is C47H59N3O6. The third-order valence-corrected chi connectivity index (χ3v) is 13.1. The first-order valence-corrected chi connectivity index (χ1v) is 20.9. The van der Waals surface area contributed by atoms with Gasteiger partial charge in [0.05, 0.1) is 31.6 Å². The van der Waals surface area contributed by atoms with Crippen molar-refractivity contribution < 1.29 is 29.5 Å². The first kappa shape index (κ1) is 38.7. The lowest BCUT2D eigenvalue weighted by atomic mass is 9.57. The van der Waals surface area contributed by atoms with Gasteiger partial charge < -0.3 is 45.1 Å². The maximum atomic E-state index is 11.4. The van der Waals surface area contributed by atoms with Crippen LogP contribution in [0.5, 0.6) is 11.5 Å². The van der Waals surface area contributed by atoms with Gasteiger partial charge in [0, 0.05) is 47.4 Å². The number of fused-ring (bicyclic) bond motifs is 7. The number of aryl methyl sites for hydroxylation is 2. The van der Waals surface area contributed by atoms with E-state index in [1.807, 2.05) is 18.2 Å². The van der Waals surface area contributed by atoms with Gasteiger partial charge in [-0.3, -0.25) is 0 Å². The van der Waals surface area contributed by atoms with Crippen LogP contribution in [-0.2, 0) is 34.3 Å². The molecule has 6 N–H and O–H groups in total. The fourth-order valence-electron chi connectivity index (χ4n) is 9.89. The molecule has 0 amide bonds. The minimum atomic E-state index is -0.558. The number of hydrogen-bond acceptors (Lipinski definition) is 8. The van der Waals surface area contributed by atoms with Gasteiger partial charge in [0.15, 0.2) is 11.5 Å². The number of benzene rings is 3. The van der Waals surface area contributed by atoms with Crippen LogP contribution in [0.25, 0.3) is 16.6 Å². The Morgan fingerprint density at radius 2 is 1.91 bits per heavy atom. The maximum Gasteiger partial charge on any atom is 0.161 e. The van der Waals surface area contributed by atoms with Crippen LogP contribution in [0.4, 0.5) is 0 Å². The van der Waals surface area contributed by atoms with Crippen molar-refractivity contribution in [3.05, 3.63) is 113 Å². The summed E-state index contributed by atoms with van der Waals surface area (Å²) in [6, 6.07) is 19.2. The van der Waals surface area contributed by atoms with E-state index in [0.717, 1.165) is 91.3 Å². The summed E-state index contributed by atoms with van der Waals surface area (Å²) in [5.41, 5.74) is 13.4. The van der Waals surface area contributed by atoms with Gasteiger partial charge in [0.2, 0.25) is 0 Å². The summed E-state index contributed by atoms with van der Waals surface area (Å²) in [6.07, 6.45) is 16.7. The van der Waals surface area contributed by atoms with Gasteiger partial charge >= 0.3 is 0 Å². The van der Waals surface area contributed by atoms with Gasteiger partial charge in [-0.2, -0.15) is 0 Å². The van der Waals surface area contributed by atoms with Crippen LogP contribution in [0.3, 0.4) is 0 Å². The summed E-state index contributed by atoms with van der Waals surface area (Å²) < 4.78 is 21.6. The van der Waals surface area contributed by atoms with E-state index < -0.39 is 6.10 Å². The van der Waals surface area contributed by atoms with Gasteiger partial charge in [-0.15, -0.1) is 0 Å². The summed E-state index contributed by atoms with van der Waals surface area (Å²) in [4.78, 5) is 0. The van der Waals surface area contributed by atoms with Gasteiger partial charge in [-0.1, -0.05) is 55.8 Å². The summed E-state index contributed by atoms with van der Waals surface area (Å²) in [5.74, 6) is 2.26. The Bertz CT molecular complexity index is 2050. The fraction of sp³-hybridized carbons (Fsp3) is 0.489. The number of nitrogens with zero attached hydrogens (tertiary/aromatic N) is 1. The van der Waals surface area contributed by atoms with Crippen molar-refractivity contribution in [3.63, 3.8) is 0 Å². The predicted molar refractivity (Wildman–Crippen MR) is 220 cm³/mol. The molecule has 4 bridgehead atoms. The number of rotatable bonds is 8. The van der Waals surface area contributed by atoms with Crippen molar-refractivity contribution in [1.29, 1.82) is 0 Å². The zero-order valence-electron chi connectivity index (χ0n) is 32.8. The van der Waals surface area contributed by atoms with Gasteiger partial charge in [-0.05, 0) is 128 Å². The molecule has 1 fully saturated rings. The predicted octanol–water partition coefficient (Wildman–Crippen LogP) is 7.47. The number of nitrogens with two attached hydrogens (primary N) is 1. The van der Waals surface area contributed by atoms with E-state index in [1.54, 1.807) is 6.07 Å². The largest absolute Gasteiger partial charge is 0.504 e. The molecule has 56 heavy (non-hydrogen) atoms. The van der Waals surface area contributed by atoms with Crippen LogP contribution >= 0.6 is 0 Å². The molecule has 1 unspecified atom stereocenters. The monoisotopic (exact) mass is 761 g/mol. The molecule has 6 atom stereocenters. The van der Waals surface area contributed by atoms with E-state index in [4.69, 9.17) is 19.9 Å². The van der Waals surface area contributed by atoms with Gasteiger partial charge in [0.25, 0.3) is 0 Å². The van der Waals surface area contributed by atoms with Crippen molar-refractivity contribution in [2.24, 2.45) is 17.6 Å². The molecule has 0 saturated carbocycles. The minimum absolute atomic E-state index is 0.0973. The van der Waals surface area contributed by atoms with Crippen molar-refractivity contribution >= 4 is 16.6 Å². The third kappa shape index (κ3) is 8.02. The molecule has 298 valence electrons. The zero-order chi connectivity index (χ0) is 38.6. The summed E-state index contributed by atoms with van der Waals surface area (Å²) in [5, 5.41) is 37.5. The van der Waals surface area contributed by atoms with E-state index in [9.17, 15) is 15.3 Å². The van der Waals surface area contributed by atoms with Crippen molar-refractivity contribution in [1.82, 2.24) is 9.88 Å². The van der Waals surface area contributed by atoms with Crippen LogP contribution in [0, 0.1) is 11.8 Å². The molecule has 4 aliphatic rings. The molecule has 4 heterocycles. The first-order valence-electron chi connectivity index (χ1n) is 20.9. The Morgan fingerprint density at radius 3 is 2.79 bits per heavy atom. The number of aromatic nitrogens is 1. The quantitative estimate of drug-likeness (QED) is 0.125. The van der Waals surface area contributed by atoms with Crippen molar-refractivity contribution in [2.75, 3.05) is 26.4 Å². The molecule has 3 aromatic carbocycles. The fourth-order valence-corrected chi connectivity index (χ4v) is 9.89. The maximum absolute atomic E-state index is 11.4. The van der Waals surface area contributed by atoms with Crippen molar-refractivity contribution in [3.8, 4) is 11.5 Å². The van der Waals surface area contributed by atoms with Gasteiger partial charge in [0.1, 0.15) is 12.4 Å². The SMILES string of the molecule is CC[C@H](CCCO)CC[C@H]1C[C@H](O)CCc2ccc(O)c(c2)OCc2cc([C@@]34CCOC[C@H]3CCc3ccccc34)cc3cn(cc23)C2=C(C=CC(N)N2)CO1. The molecule has 3 aliphatic heterocycles. The minimum Gasteiger partial charge on any atom is -0.504 e. The molecule has 1 aliphatic carbocycles. The summed E-state index contributed by atoms with van der Waals surface area (Å²) >= 11 is 0. The molecule has 1 saturated heterocycles. The Kier molecular flexibility index (Phi) is 11.9. The highest BCUT2D eigenvalue weighted by molar-refractivity contribution is 5.88. The molecule has 4 aromatic rings. The number of aliphatic hydroxyl groups excluding tert-OH is 2. The molecule has 0 spiro atoms. The molecule has 9 nitrogen and oxygen atoms in total. The van der Waals surface area contributed by atoms with E-state index in [2.05, 4.69) is 71.7 Å². The molecule has 9 heteroatoms. The molecule has 0 radical (unpaired) electrons. The molecular weight excluding hydrogens is 703 g/mol. The highest BCUT2D eigenvalue weighted by Gasteiger charge is 2.47. The first-order chi connectivity index (χ1) is 27.3. The third-order valence-electron chi connectivity index (χ3n) is 13.1. The second kappa shape index (κ2) is 17.2. The van der Waals surface area contributed by atoms with E-state index in [-0.39, 0.29) is 36.6 Å². The average molecular weight is 762 g/mol. The standard InChI is InChI=1S/C47H59N3O6/c1-2-31(6-5-20-51)10-16-40-25-39(52)15-9-32-11-17-43(53)44(22-32)56-29-36-24-38(47-19-21-54-30-37(47)14-12-33-7-3-4-8-42(33)47)23-35-26-50(27-41(35)36)46-34(28-55-40)13-18-45(48)49-46/h3-4,7-8,11,13,17-18,22-24,26-27,31,37,39-40,45,49,51-53H,2,5-6,9-10,12,14-16,19-21,25,28-30,48H2,1H3/t31-,37-,39-,40+,45?,47-/m1/s1. The number of phenols is 1. The summed E-state index contributed by atoms with van der Waals surface area (Å²) in [7, 11) is 0. The number of phenolic OH excluding ortho intramolecular Hbond substituents is 1. The smallest absolute Gasteiger partial charge is 0.161 e. The Hall–Kier alpha value is -4.12. The Labute approximate surface area is 331 Å². The van der Waals surface area contributed by atoms with Crippen LogP contribution in [0.15, 0.2) is 84.7 Å². The van der Waals surface area contributed by atoms with E-state index in [0.29, 0.717) is 50.1 Å². The highest BCUT2D eigenvalue weighted by atomic mass is 16.5. The normalized spacial score (nSPS) is 26.0. The summed E-state index contributed by atoms with van der Waals surface area (Å²) in [6.45, 7) is 4.50. The lowest BCUT2D eigenvalue weighted by molar-refractivity contribution is 0.00498. The second-order valence-electron chi connectivity index (χ2n) is 16.6. The van der Waals surface area contributed by atoms with Crippen LogP contribution in [-0.4, -0.2) is 64.7 Å². The van der Waals surface area contributed by atoms with Crippen LogP contribution in [0.2, 0.25) is 0 Å². The van der Waals surface area contributed by atoms with Crippen molar-refractivity contribution in [2.45, 2.75) is 108 Å².